The monoisotopic (exact) mass is 415 g/mol. The van der Waals surface area contributed by atoms with Crippen LogP contribution in [0.5, 0.6) is 0 Å². The van der Waals surface area contributed by atoms with Crippen LogP contribution >= 0.6 is 11.3 Å². The minimum absolute atomic E-state index is 0.134. The molecule has 0 aliphatic heterocycles. The maximum atomic E-state index is 12.4. The molecular weight excluding hydrogens is 398 g/mol. The van der Waals surface area contributed by atoms with Crippen LogP contribution in [0.4, 0.5) is 5.69 Å². The number of rotatable bonds is 6. The van der Waals surface area contributed by atoms with E-state index < -0.39 is 0 Å². The van der Waals surface area contributed by atoms with Crippen LogP contribution in [0.2, 0.25) is 0 Å². The molecule has 1 N–H and O–H groups in total. The van der Waals surface area contributed by atoms with Gasteiger partial charge < -0.3 is 9.72 Å². The highest BCUT2D eigenvalue weighted by Gasteiger charge is 2.11. The first kappa shape index (κ1) is 18.2. The SMILES string of the molecule is O=C(Cc1csc(-c2cccnc2)n1)Nc1cnn(Cc2cn3ccccc3n2)c1. The number of nitrogens with one attached hydrogen (secondary N) is 1. The third-order valence-corrected chi connectivity index (χ3v) is 5.40. The number of imidazole rings is 1. The molecule has 9 heteroatoms. The molecule has 8 nitrogen and oxygen atoms in total. The highest BCUT2D eigenvalue weighted by Crippen LogP contribution is 2.23. The van der Waals surface area contributed by atoms with E-state index >= 15 is 0 Å². The molecule has 0 atom stereocenters. The summed E-state index contributed by atoms with van der Waals surface area (Å²) in [6.45, 7) is 0.526. The van der Waals surface area contributed by atoms with E-state index in [4.69, 9.17) is 0 Å². The van der Waals surface area contributed by atoms with Crippen molar-refractivity contribution in [1.29, 1.82) is 0 Å². The molecule has 0 saturated carbocycles. The van der Waals surface area contributed by atoms with E-state index in [9.17, 15) is 4.79 Å². The Bertz CT molecular complexity index is 1270. The summed E-state index contributed by atoms with van der Waals surface area (Å²) in [5.41, 5.74) is 4.11. The summed E-state index contributed by atoms with van der Waals surface area (Å²) in [7, 11) is 0. The van der Waals surface area contributed by atoms with Gasteiger partial charge in [0.2, 0.25) is 5.91 Å². The molecule has 0 radical (unpaired) electrons. The molecule has 5 aromatic rings. The van der Waals surface area contributed by atoms with Gasteiger partial charge in [-0.25, -0.2) is 9.97 Å². The van der Waals surface area contributed by atoms with Crippen molar-refractivity contribution in [2.24, 2.45) is 0 Å². The zero-order valence-corrected chi connectivity index (χ0v) is 16.7. The standard InChI is InChI=1S/C21H17N7OS/c29-20(8-16-14-30-21(26-16)15-4-3-6-22-9-15)25-17-10-23-28(12-17)13-18-11-27-7-2-1-5-19(27)24-18/h1-7,9-12,14H,8,13H2,(H,25,29). The summed E-state index contributed by atoms with van der Waals surface area (Å²) in [5.74, 6) is -0.134. The molecule has 30 heavy (non-hydrogen) atoms. The largest absolute Gasteiger partial charge is 0.323 e. The molecule has 1 amide bonds. The quantitative estimate of drug-likeness (QED) is 0.460. The number of anilines is 1. The van der Waals surface area contributed by atoms with E-state index in [1.54, 1.807) is 29.5 Å². The van der Waals surface area contributed by atoms with E-state index in [0.29, 0.717) is 12.2 Å². The van der Waals surface area contributed by atoms with Gasteiger partial charge in [0.05, 0.1) is 36.2 Å². The van der Waals surface area contributed by atoms with Gasteiger partial charge in [-0.05, 0) is 24.3 Å². The number of nitrogens with zero attached hydrogens (tertiary/aromatic N) is 6. The lowest BCUT2D eigenvalue weighted by Crippen LogP contribution is -2.14. The second-order valence-electron chi connectivity index (χ2n) is 6.74. The number of carbonyl (C=O) groups is 1. The van der Waals surface area contributed by atoms with Gasteiger partial charge in [-0.15, -0.1) is 11.3 Å². The highest BCUT2D eigenvalue weighted by atomic mass is 32.1. The number of carbonyl (C=O) groups excluding carboxylic acids is 1. The van der Waals surface area contributed by atoms with Gasteiger partial charge in [-0.3, -0.25) is 14.5 Å². The fourth-order valence-electron chi connectivity index (χ4n) is 3.12. The fraction of sp³-hybridized carbons (Fsp3) is 0.0952. The Hall–Kier alpha value is -3.85. The first-order chi connectivity index (χ1) is 14.7. The topological polar surface area (TPSA) is 90.0 Å². The normalized spacial score (nSPS) is 11.1. The molecule has 0 bridgehead atoms. The van der Waals surface area contributed by atoms with Crippen LogP contribution < -0.4 is 5.32 Å². The molecule has 0 aliphatic carbocycles. The van der Waals surface area contributed by atoms with Gasteiger partial charge >= 0.3 is 0 Å². The van der Waals surface area contributed by atoms with Crippen molar-refractivity contribution in [3.8, 4) is 10.6 Å². The molecule has 5 heterocycles. The van der Waals surface area contributed by atoms with Crippen molar-refractivity contribution in [3.63, 3.8) is 0 Å². The zero-order valence-electron chi connectivity index (χ0n) is 15.8. The molecule has 0 aliphatic rings. The Morgan fingerprint density at radius 2 is 2.03 bits per heavy atom. The van der Waals surface area contributed by atoms with E-state index in [-0.39, 0.29) is 12.3 Å². The van der Waals surface area contributed by atoms with Crippen molar-refractivity contribution < 1.29 is 4.79 Å². The first-order valence-electron chi connectivity index (χ1n) is 9.33. The van der Waals surface area contributed by atoms with E-state index in [0.717, 1.165) is 27.6 Å². The number of thiazole rings is 1. The van der Waals surface area contributed by atoms with Gasteiger partial charge in [0, 0.05) is 41.9 Å². The van der Waals surface area contributed by atoms with Gasteiger partial charge in [-0.1, -0.05) is 6.07 Å². The van der Waals surface area contributed by atoms with Crippen molar-refractivity contribution in [3.05, 3.63) is 84.3 Å². The molecule has 148 valence electrons. The Morgan fingerprint density at radius 1 is 1.07 bits per heavy atom. The van der Waals surface area contributed by atoms with Crippen LogP contribution in [0.25, 0.3) is 16.2 Å². The first-order valence-corrected chi connectivity index (χ1v) is 10.2. The summed E-state index contributed by atoms with van der Waals surface area (Å²) in [4.78, 5) is 25.6. The smallest absolute Gasteiger partial charge is 0.230 e. The number of hydrogen-bond donors (Lipinski definition) is 1. The molecule has 5 rings (SSSR count). The number of amides is 1. The Labute approximate surface area is 175 Å². The maximum absolute atomic E-state index is 12.4. The third kappa shape index (κ3) is 3.96. The van der Waals surface area contributed by atoms with Crippen molar-refractivity contribution in [2.75, 3.05) is 5.32 Å². The molecule has 0 aromatic carbocycles. The Kier molecular flexibility index (Phi) is 4.78. The Morgan fingerprint density at radius 3 is 2.90 bits per heavy atom. The number of pyridine rings is 2. The zero-order chi connectivity index (χ0) is 20.3. The van der Waals surface area contributed by atoms with Crippen LogP contribution in [0, 0.1) is 0 Å². The predicted octanol–water partition coefficient (Wildman–Crippen LogP) is 3.28. The summed E-state index contributed by atoms with van der Waals surface area (Å²) < 4.78 is 3.72. The highest BCUT2D eigenvalue weighted by molar-refractivity contribution is 7.13. The van der Waals surface area contributed by atoms with Gasteiger partial charge in [-0.2, -0.15) is 5.10 Å². The number of aromatic nitrogens is 6. The second kappa shape index (κ2) is 7.88. The van der Waals surface area contributed by atoms with Gasteiger partial charge in [0.1, 0.15) is 10.7 Å². The lowest BCUT2D eigenvalue weighted by Gasteiger charge is -2.00. The van der Waals surface area contributed by atoms with Crippen LogP contribution in [0.1, 0.15) is 11.4 Å². The molecule has 5 aromatic heterocycles. The maximum Gasteiger partial charge on any atom is 0.230 e. The lowest BCUT2D eigenvalue weighted by atomic mass is 10.3. The van der Waals surface area contributed by atoms with Crippen LogP contribution in [-0.4, -0.2) is 35.0 Å². The Balaban J connectivity index is 1.21. The molecule has 0 spiro atoms. The average Bonchev–Trinajstić information content (AvgIpc) is 3.48. The number of fused-ring (bicyclic) bond motifs is 1. The molecular formula is C21H17N7OS. The van der Waals surface area contributed by atoms with E-state index in [1.807, 2.05) is 52.5 Å². The second-order valence-corrected chi connectivity index (χ2v) is 7.59. The van der Waals surface area contributed by atoms with E-state index in [1.165, 1.54) is 11.3 Å². The van der Waals surface area contributed by atoms with Gasteiger partial charge in [0.25, 0.3) is 0 Å². The summed E-state index contributed by atoms with van der Waals surface area (Å²) in [6, 6.07) is 9.69. The van der Waals surface area contributed by atoms with Crippen LogP contribution in [-0.2, 0) is 17.8 Å². The molecule has 0 fully saturated rings. The lowest BCUT2D eigenvalue weighted by molar-refractivity contribution is -0.115. The molecule has 0 unspecified atom stereocenters. The summed E-state index contributed by atoms with van der Waals surface area (Å²) >= 11 is 1.50. The average molecular weight is 415 g/mol. The van der Waals surface area contributed by atoms with Gasteiger partial charge in [0.15, 0.2) is 0 Å². The fourth-order valence-corrected chi connectivity index (χ4v) is 3.93. The summed E-state index contributed by atoms with van der Waals surface area (Å²) in [6.07, 6.45) is 11.0. The molecule has 0 saturated heterocycles. The van der Waals surface area contributed by atoms with E-state index in [2.05, 4.69) is 25.4 Å². The van der Waals surface area contributed by atoms with Crippen molar-refractivity contribution in [1.82, 2.24) is 29.1 Å². The van der Waals surface area contributed by atoms with Crippen LogP contribution in [0.15, 0.2) is 72.9 Å². The minimum Gasteiger partial charge on any atom is -0.323 e. The van der Waals surface area contributed by atoms with Crippen molar-refractivity contribution >= 4 is 28.6 Å². The summed E-state index contributed by atoms with van der Waals surface area (Å²) in [5, 5.41) is 9.94. The third-order valence-electron chi connectivity index (χ3n) is 4.46. The van der Waals surface area contributed by atoms with Crippen LogP contribution in [0.3, 0.4) is 0 Å². The minimum atomic E-state index is -0.134. The predicted molar refractivity (Wildman–Crippen MR) is 114 cm³/mol. The van der Waals surface area contributed by atoms with Crippen molar-refractivity contribution in [2.45, 2.75) is 13.0 Å². The number of hydrogen-bond acceptors (Lipinski definition) is 6.